The van der Waals surface area contributed by atoms with E-state index in [9.17, 15) is 9.18 Å². The first-order valence-electron chi connectivity index (χ1n) is 5.75. The summed E-state index contributed by atoms with van der Waals surface area (Å²) in [5.74, 6) is -1.55. The van der Waals surface area contributed by atoms with Crippen LogP contribution in [0, 0.1) is 5.82 Å². The summed E-state index contributed by atoms with van der Waals surface area (Å²) in [6, 6.07) is 3.64. The number of benzene rings is 1. The van der Waals surface area contributed by atoms with Crippen LogP contribution < -0.4 is 0 Å². The Bertz CT molecular complexity index is 406. The average molecular weight is 256 g/mol. The second-order valence-corrected chi connectivity index (χ2v) is 3.89. The molecular formula is C13H17FO4. The van der Waals surface area contributed by atoms with Gasteiger partial charge in [-0.15, -0.1) is 0 Å². The van der Waals surface area contributed by atoms with Crippen LogP contribution in [0.2, 0.25) is 0 Å². The van der Waals surface area contributed by atoms with Crippen LogP contribution in [0.25, 0.3) is 0 Å². The van der Waals surface area contributed by atoms with Crippen molar-refractivity contribution in [1.82, 2.24) is 0 Å². The maximum atomic E-state index is 13.4. The smallest absolute Gasteiger partial charge is 0.335 e. The Balaban J connectivity index is 2.60. The molecule has 0 fully saturated rings. The van der Waals surface area contributed by atoms with Crippen molar-refractivity contribution in [2.24, 2.45) is 0 Å². The summed E-state index contributed by atoms with van der Waals surface area (Å²) in [5.41, 5.74) is 0.283. The summed E-state index contributed by atoms with van der Waals surface area (Å²) >= 11 is 0. The van der Waals surface area contributed by atoms with Crippen molar-refractivity contribution in [3.8, 4) is 0 Å². The fraction of sp³-hybridized carbons (Fsp3) is 0.462. The molecule has 0 heterocycles. The molecule has 1 aromatic rings. The van der Waals surface area contributed by atoms with Crippen LogP contribution in [0.15, 0.2) is 18.2 Å². The quantitative estimate of drug-likeness (QED) is 0.814. The molecule has 1 aromatic carbocycles. The van der Waals surface area contributed by atoms with Gasteiger partial charge in [-0.25, -0.2) is 9.18 Å². The van der Waals surface area contributed by atoms with Crippen molar-refractivity contribution < 1.29 is 23.8 Å². The molecule has 1 rings (SSSR count). The first-order chi connectivity index (χ1) is 8.54. The second kappa shape index (κ2) is 7.08. The molecule has 100 valence electrons. The monoisotopic (exact) mass is 256 g/mol. The van der Waals surface area contributed by atoms with E-state index in [1.54, 1.807) is 0 Å². The van der Waals surface area contributed by atoms with Gasteiger partial charge in [0.05, 0.1) is 24.9 Å². The van der Waals surface area contributed by atoms with E-state index in [0.717, 1.165) is 6.07 Å². The predicted molar refractivity (Wildman–Crippen MR) is 64.1 cm³/mol. The van der Waals surface area contributed by atoms with E-state index in [1.165, 1.54) is 12.1 Å². The number of ether oxygens (including phenoxy) is 2. The molecule has 1 unspecified atom stereocenters. The molecule has 0 bridgehead atoms. The van der Waals surface area contributed by atoms with E-state index in [4.69, 9.17) is 14.6 Å². The third kappa shape index (κ3) is 4.43. The van der Waals surface area contributed by atoms with Gasteiger partial charge in [-0.05, 0) is 32.0 Å². The molecule has 0 spiro atoms. The van der Waals surface area contributed by atoms with Crippen LogP contribution in [0.4, 0.5) is 4.39 Å². The van der Waals surface area contributed by atoms with E-state index in [-0.39, 0.29) is 23.8 Å². The Hall–Kier alpha value is -1.46. The SMILES string of the molecule is CCOCC(C)OCc1cc(C(=O)O)ccc1F. The lowest BCUT2D eigenvalue weighted by Crippen LogP contribution is -2.16. The average Bonchev–Trinajstić information content (AvgIpc) is 2.35. The Morgan fingerprint density at radius 2 is 2.22 bits per heavy atom. The summed E-state index contributed by atoms with van der Waals surface area (Å²) in [7, 11) is 0. The zero-order chi connectivity index (χ0) is 13.5. The molecule has 0 aliphatic carbocycles. The Kier molecular flexibility index (Phi) is 5.74. The predicted octanol–water partition coefficient (Wildman–Crippen LogP) is 2.47. The Morgan fingerprint density at radius 3 is 2.83 bits per heavy atom. The van der Waals surface area contributed by atoms with E-state index < -0.39 is 11.8 Å². The van der Waals surface area contributed by atoms with Crippen LogP contribution in [-0.2, 0) is 16.1 Å². The topological polar surface area (TPSA) is 55.8 Å². The lowest BCUT2D eigenvalue weighted by molar-refractivity contribution is -0.0125. The highest BCUT2D eigenvalue weighted by atomic mass is 19.1. The Labute approximate surface area is 105 Å². The summed E-state index contributed by atoms with van der Waals surface area (Å²) in [5, 5.41) is 8.81. The third-order valence-electron chi connectivity index (χ3n) is 2.37. The van der Waals surface area contributed by atoms with Gasteiger partial charge in [-0.2, -0.15) is 0 Å². The molecule has 0 saturated heterocycles. The van der Waals surface area contributed by atoms with Gasteiger partial charge in [0.2, 0.25) is 0 Å². The third-order valence-corrected chi connectivity index (χ3v) is 2.37. The molecule has 4 nitrogen and oxygen atoms in total. The molecule has 1 atom stereocenters. The van der Waals surface area contributed by atoms with Gasteiger partial charge in [0.1, 0.15) is 5.82 Å². The van der Waals surface area contributed by atoms with Crippen LogP contribution in [-0.4, -0.2) is 30.4 Å². The van der Waals surface area contributed by atoms with Gasteiger partial charge in [0.25, 0.3) is 0 Å². The number of rotatable bonds is 7. The molecule has 0 aromatic heterocycles. The highest BCUT2D eigenvalue weighted by molar-refractivity contribution is 5.87. The normalized spacial score (nSPS) is 12.4. The van der Waals surface area contributed by atoms with Crippen LogP contribution in [0.1, 0.15) is 29.8 Å². The lowest BCUT2D eigenvalue weighted by Gasteiger charge is -2.13. The van der Waals surface area contributed by atoms with Gasteiger partial charge >= 0.3 is 5.97 Å². The number of carboxylic acids is 1. The standard InChI is InChI=1S/C13H17FO4/c1-3-17-7-9(2)18-8-11-6-10(13(15)16)4-5-12(11)14/h4-6,9H,3,7-8H2,1-2H3,(H,15,16). The van der Waals surface area contributed by atoms with E-state index >= 15 is 0 Å². The van der Waals surface area contributed by atoms with Crippen LogP contribution in [0.5, 0.6) is 0 Å². The molecular weight excluding hydrogens is 239 g/mol. The van der Waals surface area contributed by atoms with Gasteiger partial charge < -0.3 is 14.6 Å². The van der Waals surface area contributed by atoms with E-state index in [1.807, 2.05) is 13.8 Å². The molecule has 18 heavy (non-hydrogen) atoms. The first kappa shape index (κ1) is 14.6. The maximum absolute atomic E-state index is 13.4. The number of carboxylic acid groups (broad SMARTS) is 1. The second-order valence-electron chi connectivity index (χ2n) is 3.89. The summed E-state index contributed by atoms with van der Waals surface area (Å²) in [4.78, 5) is 10.8. The number of hydrogen-bond donors (Lipinski definition) is 1. The lowest BCUT2D eigenvalue weighted by atomic mass is 10.1. The van der Waals surface area contributed by atoms with Crippen molar-refractivity contribution in [1.29, 1.82) is 0 Å². The molecule has 0 aliphatic heterocycles. The molecule has 1 N–H and O–H groups in total. The summed E-state index contributed by atoms with van der Waals surface area (Å²) < 4.78 is 24.0. The highest BCUT2D eigenvalue weighted by Gasteiger charge is 2.10. The summed E-state index contributed by atoms with van der Waals surface area (Å²) in [6.07, 6.45) is -0.169. The van der Waals surface area contributed by atoms with Crippen molar-refractivity contribution in [3.05, 3.63) is 35.1 Å². The molecule has 0 amide bonds. The summed E-state index contributed by atoms with van der Waals surface area (Å²) in [6.45, 7) is 4.74. The van der Waals surface area contributed by atoms with Crippen LogP contribution >= 0.6 is 0 Å². The maximum Gasteiger partial charge on any atom is 0.335 e. The van der Waals surface area contributed by atoms with Gasteiger partial charge in [-0.3, -0.25) is 0 Å². The van der Waals surface area contributed by atoms with Crippen molar-refractivity contribution in [2.75, 3.05) is 13.2 Å². The first-order valence-corrected chi connectivity index (χ1v) is 5.75. The van der Waals surface area contributed by atoms with Gasteiger partial charge in [-0.1, -0.05) is 0 Å². The molecule has 0 saturated carbocycles. The Morgan fingerprint density at radius 1 is 1.50 bits per heavy atom. The number of hydrogen-bond acceptors (Lipinski definition) is 3. The number of halogens is 1. The van der Waals surface area contributed by atoms with Crippen molar-refractivity contribution in [3.63, 3.8) is 0 Å². The van der Waals surface area contributed by atoms with Crippen molar-refractivity contribution in [2.45, 2.75) is 26.6 Å². The number of carbonyl (C=O) groups is 1. The zero-order valence-electron chi connectivity index (χ0n) is 10.5. The van der Waals surface area contributed by atoms with E-state index in [2.05, 4.69) is 0 Å². The number of aromatic carboxylic acids is 1. The molecule has 0 aliphatic rings. The fourth-order valence-electron chi connectivity index (χ4n) is 1.38. The molecule has 0 radical (unpaired) electrons. The van der Waals surface area contributed by atoms with Crippen LogP contribution in [0.3, 0.4) is 0 Å². The minimum atomic E-state index is -1.08. The van der Waals surface area contributed by atoms with E-state index in [0.29, 0.717) is 13.2 Å². The minimum Gasteiger partial charge on any atom is -0.478 e. The highest BCUT2D eigenvalue weighted by Crippen LogP contribution is 2.13. The minimum absolute atomic E-state index is 0.0290. The fourth-order valence-corrected chi connectivity index (χ4v) is 1.38. The largest absolute Gasteiger partial charge is 0.478 e. The van der Waals surface area contributed by atoms with Gasteiger partial charge in [0.15, 0.2) is 0 Å². The molecule has 5 heteroatoms. The zero-order valence-corrected chi connectivity index (χ0v) is 10.5. The van der Waals surface area contributed by atoms with Gasteiger partial charge in [0, 0.05) is 12.2 Å². The van der Waals surface area contributed by atoms with Crippen molar-refractivity contribution >= 4 is 5.97 Å².